The summed E-state index contributed by atoms with van der Waals surface area (Å²) in [4.78, 5) is 37.2. The van der Waals surface area contributed by atoms with Crippen LogP contribution in [0.4, 0.5) is 5.69 Å². The van der Waals surface area contributed by atoms with Gasteiger partial charge < -0.3 is 19.8 Å². The van der Waals surface area contributed by atoms with Gasteiger partial charge in [0.15, 0.2) is 12.4 Å². The monoisotopic (exact) mass is 420 g/mol. The minimum Gasteiger partial charge on any atom is -0.459 e. The third kappa shape index (κ3) is 6.30. The molecule has 0 aliphatic rings. The summed E-state index contributed by atoms with van der Waals surface area (Å²) in [6.45, 7) is 3.46. The average Bonchev–Trinajstić information content (AvgIpc) is 3.30. The number of benzene rings is 2. The van der Waals surface area contributed by atoms with Crippen molar-refractivity contribution in [3.8, 4) is 0 Å². The van der Waals surface area contributed by atoms with Gasteiger partial charge in [0.2, 0.25) is 0 Å². The number of nitrogens with one attached hydrogen (secondary N) is 2. The molecule has 2 N–H and O–H groups in total. The lowest BCUT2D eigenvalue weighted by molar-refractivity contribution is -0.149. The van der Waals surface area contributed by atoms with Crippen molar-refractivity contribution in [1.82, 2.24) is 5.32 Å². The summed E-state index contributed by atoms with van der Waals surface area (Å²) in [5, 5.41) is 5.31. The Labute approximate surface area is 180 Å². The Hall–Kier alpha value is -3.87. The fourth-order valence-electron chi connectivity index (χ4n) is 2.93. The molecule has 0 saturated carbocycles. The number of ether oxygens (including phenoxy) is 1. The first kappa shape index (κ1) is 21.8. The lowest BCUT2D eigenvalue weighted by atomic mass is 10.1. The number of carbonyl (C=O) groups excluding carboxylic acids is 3. The number of aryl methyl sites for hydroxylation is 2. The van der Waals surface area contributed by atoms with Crippen molar-refractivity contribution in [3.63, 3.8) is 0 Å². The van der Waals surface area contributed by atoms with Crippen molar-refractivity contribution in [1.29, 1.82) is 0 Å². The highest BCUT2D eigenvalue weighted by Gasteiger charge is 2.25. The van der Waals surface area contributed by atoms with Crippen LogP contribution in [0.1, 0.15) is 27.2 Å². The van der Waals surface area contributed by atoms with Crippen molar-refractivity contribution in [2.75, 3.05) is 11.9 Å². The number of rotatable bonds is 8. The second-order valence-corrected chi connectivity index (χ2v) is 7.15. The molecular weight excluding hydrogens is 396 g/mol. The number of anilines is 1. The van der Waals surface area contributed by atoms with Crippen LogP contribution >= 0.6 is 0 Å². The number of hydrogen-bond donors (Lipinski definition) is 2. The fourth-order valence-corrected chi connectivity index (χ4v) is 2.93. The van der Waals surface area contributed by atoms with Gasteiger partial charge in [0, 0.05) is 12.1 Å². The van der Waals surface area contributed by atoms with Gasteiger partial charge in [-0.3, -0.25) is 9.59 Å². The maximum Gasteiger partial charge on any atom is 0.329 e. The van der Waals surface area contributed by atoms with Gasteiger partial charge in [0.1, 0.15) is 6.04 Å². The van der Waals surface area contributed by atoms with Gasteiger partial charge >= 0.3 is 5.97 Å². The molecule has 1 aromatic heterocycles. The largest absolute Gasteiger partial charge is 0.459 e. The number of furan rings is 1. The highest BCUT2D eigenvalue weighted by atomic mass is 16.5. The van der Waals surface area contributed by atoms with E-state index in [4.69, 9.17) is 9.15 Å². The van der Waals surface area contributed by atoms with Gasteiger partial charge in [-0.2, -0.15) is 0 Å². The molecular formula is C24H24N2O5. The van der Waals surface area contributed by atoms with E-state index in [1.807, 2.05) is 56.3 Å². The molecule has 3 aromatic rings. The molecule has 0 spiro atoms. The highest BCUT2D eigenvalue weighted by molar-refractivity contribution is 5.96. The van der Waals surface area contributed by atoms with E-state index in [1.165, 1.54) is 12.3 Å². The van der Waals surface area contributed by atoms with Crippen molar-refractivity contribution < 1.29 is 23.5 Å². The Kier molecular flexibility index (Phi) is 7.22. The smallest absolute Gasteiger partial charge is 0.329 e. The maximum atomic E-state index is 12.7. The van der Waals surface area contributed by atoms with E-state index in [0.717, 1.165) is 16.7 Å². The Morgan fingerprint density at radius 1 is 0.968 bits per heavy atom. The van der Waals surface area contributed by atoms with Gasteiger partial charge in [-0.05, 0) is 54.8 Å². The molecule has 0 saturated heterocycles. The standard InChI is InChI=1S/C24H24N2O5/c1-16-10-11-19(13-17(16)2)25-22(27)15-31-24(29)20(14-18-7-4-3-5-8-18)26-23(28)21-9-6-12-30-21/h3-13,20H,14-15H2,1-2H3,(H,25,27)(H,26,28)/t20-/m0/s1. The lowest BCUT2D eigenvalue weighted by Crippen LogP contribution is -2.44. The van der Waals surface area contributed by atoms with Crippen LogP contribution in [0.25, 0.3) is 0 Å². The Bertz CT molecular complexity index is 1050. The molecule has 0 fully saturated rings. The first-order chi connectivity index (χ1) is 14.9. The van der Waals surface area contributed by atoms with E-state index < -0.39 is 30.4 Å². The second kappa shape index (κ2) is 10.2. The first-order valence-corrected chi connectivity index (χ1v) is 9.84. The van der Waals surface area contributed by atoms with Gasteiger partial charge in [-0.15, -0.1) is 0 Å². The predicted molar refractivity (Wildman–Crippen MR) is 116 cm³/mol. The van der Waals surface area contributed by atoms with Crippen LogP contribution in [0.15, 0.2) is 71.3 Å². The summed E-state index contributed by atoms with van der Waals surface area (Å²) in [7, 11) is 0. The minimum atomic E-state index is -0.977. The lowest BCUT2D eigenvalue weighted by Gasteiger charge is -2.17. The molecule has 31 heavy (non-hydrogen) atoms. The van der Waals surface area contributed by atoms with E-state index in [9.17, 15) is 14.4 Å². The van der Waals surface area contributed by atoms with Crippen LogP contribution < -0.4 is 10.6 Å². The molecule has 2 aromatic carbocycles. The molecule has 0 aliphatic carbocycles. The summed E-state index contributed by atoms with van der Waals surface area (Å²) in [6.07, 6.45) is 1.58. The highest BCUT2D eigenvalue weighted by Crippen LogP contribution is 2.14. The zero-order chi connectivity index (χ0) is 22.2. The molecule has 1 heterocycles. The molecule has 2 amide bonds. The number of esters is 1. The molecule has 0 aliphatic heterocycles. The Morgan fingerprint density at radius 2 is 1.74 bits per heavy atom. The maximum absolute atomic E-state index is 12.7. The van der Waals surface area contributed by atoms with Gasteiger partial charge in [0.25, 0.3) is 11.8 Å². The molecule has 1 atom stereocenters. The van der Waals surface area contributed by atoms with Crippen LogP contribution in [0.2, 0.25) is 0 Å². The second-order valence-electron chi connectivity index (χ2n) is 7.15. The Balaban J connectivity index is 1.62. The average molecular weight is 420 g/mol. The van der Waals surface area contributed by atoms with E-state index in [1.54, 1.807) is 12.1 Å². The zero-order valence-electron chi connectivity index (χ0n) is 17.4. The molecule has 7 heteroatoms. The molecule has 3 rings (SSSR count). The van der Waals surface area contributed by atoms with Crippen LogP contribution in [-0.4, -0.2) is 30.4 Å². The Morgan fingerprint density at radius 3 is 2.42 bits per heavy atom. The summed E-state index contributed by atoms with van der Waals surface area (Å²) < 4.78 is 10.3. The third-order valence-electron chi connectivity index (χ3n) is 4.75. The molecule has 7 nitrogen and oxygen atoms in total. The third-order valence-corrected chi connectivity index (χ3v) is 4.75. The zero-order valence-corrected chi connectivity index (χ0v) is 17.4. The summed E-state index contributed by atoms with van der Waals surface area (Å²) in [6, 6.07) is 16.8. The molecule has 0 bridgehead atoms. The van der Waals surface area contributed by atoms with Crippen molar-refractivity contribution in [2.45, 2.75) is 26.3 Å². The first-order valence-electron chi connectivity index (χ1n) is 9.84. The number of amides is 2. The SMILES string of the molecule is Cc1ccc(NC(=O)COC(=O)[C@H](Cc2ccccc2)NC(=O)c2ccco2)cc1C. The normalized spacial score (nSPS) is 11.4. The van der Waals surface area contributed by atoms with E-state index in [0.29, 0.717) is 5.69 Å². The van der Waals surface area contributed by atoms with Crippen LogP contribution in [0.5, 0.6) is 0 Å². The fraction of sp³-hybridized carbons (Fsp3) is 0.208. The van der Waals surface area contributed by atoms with E-state index >= 15 is 0 Å². The number of hydrogen-bond acceptors (Lipinski definition) is 5. The van der Waals surface area contributed by atoms with Crippen molar-refractivity contribution >= 4 is 23.5 Å². The van der Waals surface area contributed by atoms with E-state index in [2.05, 4.69) is 10.6 Å². The molecule has 0 unspecified atom stereocenters. The van der Waals surface area contributed by atoms with Crippen molar-refractivity contribution in [3.05, 3.63) is 89.4 Å². The summed E-state index contributed by atoms with van der Waals surface area (Å²) in [5.74, 6) is -1.63. The quantitative estimate of drug-likeness (QED) is 0.544. The predicted octanol–water partition coefficient (Wildman–Crippen LogP) is 3.42. The minimum absolute atomic E-state index is 0.0818. The van der Waals surface area contributed by atoms with Crippen molar-refractivity contribution in [2.24, 2.45) is 0 Å². The van der Waals surface area contributed by atoms with Gasteiger partial charge in [0.05, 0.1) is 6.26 Å². The van der Waals surface area contributed by atoms with Gasteiger partial charge in [-0.1, -0.05) is 36.4 Å². The molecule has 0 radical (unpaired) electrons. The van der Waals surface area contributed by atoms with Crippen LogP contribution in [-0.2, 0) is 20.7 Å². The van der Waals surface area contributed by atoms with Gasteiger partial charge in [-0.25, -0.2) is 4.79 Å². The number of carbonyl (C=O) groups is 3. The molecule has 160 valence electrons. The summed E-state index contributed by atoms with van der Waals surface area (Å²) >= 11 is 0. The van der Waals surface area contributed by atoms with Crippen LogP contribution in [0.3, 0.4) is 0 Å². The van der Waals surface area contributed by atoms with E-state index in [-0.39, 0.29) is 12.2 Å². The summed E-state index contributed by atoms with van der Waals surface area (Å²) in [5.41, 5.74) is 3.61. The van der Waals surface area contributed by atoms with Crippen LogP contribution in [0, 0.1) is 13.8 Å². The topological polar surface area (TPSA) is 97.6 Å².